The van der Waals surface area contributed by atoms with Crippen molar-refractivity contribution < 1.29 is 4.74 Å². The third-order valence-corrected chi connectivity index (χ3v) is 5.00. The van der Waals surface area contributed by atoms with Gasteiger partial charge in [-0.1, -0.05) is 33.6 Å². The molecule has 1 N–H and O–H groups in total. The van der Waals surface area contributed by atoms with Crippen molar-refractivity contribution in [1.82, 2.24) is 10.2 Å². The zero-order valence-corrected chi connectivity index (χ0v) is 14.9. The lowest BCUT2D eigenvalue weighted by Gasteiger charge is -2.39. The molecule has 0 bridgehead atoms. The van der Waals surface area contributed by atoms with E-state index < -0.39 is 0 Å². The van der Waals surface area contributed by atoms with Crippen molar-refractivity contribution in [3.63, 3.8) is 0 Å². The van der Waals surface area contributed by atoms with E-state index in [0.29, 0.717) is 0 Å². The maximum absolute atomic E-state index is 5.26. The maximum atomic E-state index is 5.26. The van der Waals surface area contributed by atoms with Gasteiger partial charge in [0.2, 0.25) is 0 Å². The van der Waals surface area contributed by atoms with Crippen LogP contribution in [0.4, 0.5) is 0 Å². The minimum Gasteiger partial charge on any atom is -0.383 e. The van der Waals surface area contributed by atoms with Crippen LogP contribution in [0.3, 0.4) is 0 Å². The molecule has 1 rings (SSSR count). The molecule has 0 spiro atoms. The van der Waals surface area contributed by atoms with Crippen LogP contribution in [-0.4, -0.2) is 50.8 Å². The molecule has 3 atom stereocenters. The zero-order chi connectivity index (χ0) is 15.5. The highest BCUT2D eigenvalue weighted by Crippen LogP contribution is 2.32. The van der Waals surface area contributed by atoms with Crippen LogP contribution in [0.2, 0.25) is 0 Å². The first-order chi connectivity index (χ1) is 10.2. The Morgan fingerprint density at radius 1 is 1.14 bits per heavy atom. The fourth-order valence-corrected chi connectivity index (χ4v) is 3.76. The minimum absolute atomic E-state index is 0.731. The summed E-state index contributed by atoms with van der Waals surface area (Å²) in [6.45, 7) is 12.3. The Labute approximate surface area is 132 Å². The van der Waals surface area contributed by atoms with Gasteiger partial charge >= 0.3 is 0 Å². The van der Waals surface area contributed by atoms with Crippen LogP contribution in [0.1, 0.15) is 59.3 Å². The highest BCUT2D eigenvalue weighted by molar-refractivity contribution is 4.86. The maximum Gasteiger partial charge on any atom is 0.0589 e. The Morgan fingerprint density at radius 2 is 1.95 bits per heavy atom. The average Bonchev–Trinajstić information content (AvgIpc) is 2.50. The molecule has 1 fully saturated rings. The van der Waals surface area contributed by atoms with E-state index in [-0.39, 0.29) is 0 Å². The molecule has 0 aromatic heterocycles. The van der Waals surface area contributed by atoms with Crippen LogP contribution < -0.4 is 5.32 Å². The van der Waals surface area contributed by atoms with Crippen molar-refractivity contribution in [1.29, 1.82) is 0 Å². The summed E-state index contributed by atoms with van der Waals surface area (Å²) >= 11 is 0. The van der Waals surface area contributed by atoms with Gasteiger partial charge < -0.3 is 15.0 Å². The van der Waals surface area contributed by atoms with Crippen LogP contribution in [0, 0.1) is 11.8 Å². The standard InChI is InChI=1S/C18H38N2O/c1-5-8-16-9-10-18(19-11-6-2)17(14-16)15-20(7-3)12-13-21-4/h16-19H,5-15H2,1-4H3. The monoisotopic (exact) mass is 298 g/mol. The summed E-state index contributed by atoms with van der Waals surface area (Å²) in [7, 11) is 1.80. The molecule has 0 aromatic carbocycles. The lowest BCUT2D eigenvalue weighted by molar-refractivity contribution is 0.108. The van der Waals surface area contributed by atoms with E-state index in [2.05, 4.69) is 31.0 Å². The SMILES string of the molecule is CCCNC1CCC(CCC)CC1CN(CC)CCOC. The fraction of sp³-hybridized carbons (Fsp3) is 1.00. The van der Waals surface area contributed by atoms with Gasteiger partial charge in [-0.05, 0) is 50.6 Å². The number of rotatable bonds is 11. The predicted octanol–water partition coefficient (Wildman–Crippen LogP) is 3.54. The molecule has 1 aliphatic carbocycles. The molecular weight excluding hydrogens is 260 g/mol. The number of nitrogens with zero attached hydrogens (tertiary/aromatic N) is 1. The van der Waals surface area contributed by atoms with Gasteiger partial charge in [-0.15, -0.1) is 0 Å². The lowest BCUT2D eigenvalue weighted by atomic mass is 9.76. The van der Waals surface area contributed by atoms with Gasteiger partial charge in [-0.3, -0.25) is 0 Å². The first-order valence-corrected chi connectivity index (χ1v) is 9.19. The zero-order valence-electron chi connectivity index (χ0n) is 14.9. The van der Waals surface area contributed by atoms with Gasteiger partial charge in [-0.25, -0.2) is 0 Å². The third-order valence-electron chi connectivity index (χ3n) is 5.00. The molecular formula is C18H38N2O. The molecule has 1 saturated carbocycles. The molecule has 3 unspecified atom stereocenters. The van der Waals surface area contributed by atoms with Gasteiger partial charge in [0.15, 0.2) is 0 Å². The number of ether oxygens (including phenoxy) is 1. The highest BCUT2D eigenvalue weighted by atomic mass is 16.5. The summed E-state index contributed by atoms with van der Waals surface area (Å²) in [5.41, 5.74) is 0. The molecule has 3 heteroatoms. The quantitative estimate of drug-likeness (QED) is 0.631. The van der Waals surface area contributed by atoms with Gasteiger partial charge in [0.05, 0.1) is 6.61 Å². The van der Waals surface area contributed by atoms with Gasteiger partial charge in [0, 0.05) is 26.2 Å². The van der Waals surface area contributed by atoms with Crippen molar-refractivity contribution >= 4 is 0 Å². The lowest BCUT2D eigenvalue weighted by Crippen LogP contribution is -2.46. The summed E-state index contributed by atoms with van der Waals surface area (Å²) in [5.74, 6) is 1.78. The van der Waals surface area contributed by atoms with Crippen molar-refractivity contribution in [2.75, 3.05) is 39.9 Å². The van der Waals surface area contributed by atoms with E-state index in [1.165, 1.54) is 51.6 Å². The molecule has 0 aliphatic heterocycles. The molecule has 3 nitrogen and oxygen atoms in total. The van der Waals surface area contributed by atoms with Crippen LogP contribution in [0.5, 0.6) is 0 Å². The first kappa shape index (κ1) is 18.9. The van der Waals surface area contributed by atoms with Crippen molar-refractivity contribution in [2.45, 2.75) is 65.3 Å². The second-order valence-corrected chi connectivity index (χ2v) is 6.67. The topological polar surface area (TPSA) is 24.5 Å². The van der Waals surface area contributed by atoms with E-state index >= 15 is 0 Å². The molecule has 0 saturated heterocycles. The van der Waals surface area contributed by atoms with Crippen LogP contribution >= 0.6 is 0 Å². The van der Waals surface area contributed by atoms with Crippen molar-refractivity contribution in [2.24, 2.45) is 11.8 Å². The van der Waals surface area contributed by atoms with E-state index in [1.54, 1.807) is 7.11 Å². The van der Waals surface area contributed by atoms with Gasteiger partial charge in [-0.2, -0.15) is 0 Å². The second-order valence-electron chi connectivity index (χ2n) is 6.67. The fourth-order valence-electron chi connectivity index (χ4n) is 3.76. The summed E-state index contributed by atoms with van der Waals surface area (Å²) in [6.07, 6.45) is 8.21. The molecule has 21 heavy (non-hydrogen) atoms. The van der Waals surface area contributed by atoms with E-state index in [4.69, 9.17) is 4.74 Å². The molecule has 1 aliphatic rings. The Balaban J connectivity index is 2.54. The van der Waals surface area contributed by atoms with Crippen molar-refractivity contribution in [3.05, 3.63) is 0 Å². The number of hydrogen-bond acceptors (Lipinski definition) is 3. The normalized spacial score (nSPS) is 26.4. The Morgan fingerprint density at radius 3 is 2.57 bits per heavy atom. The smallest absolute Gasteiger partial charge is 0.0589 e. The minimum atomic E-state index is 0.731. The molecule has 0 aromatic rings. The Kier molecular flexibility index (Phi) is 10.3. The summed E-state index contributed by atoms with van der Waals surface area (Å²) < 4.78 is 5.26. The predicted molar refractivity (Wildman–Crippen MR) is 91.8 cm³/mol. The van der Waals surface area contributed by atoms with Crippen molar-refractivity contribution in [3.8, 4) is 0 Å². The summed E-state index contributed by atoms with van der Waals surface area (Å²) in [6, 6.07) is 0.731. The van der Waals surface area contributed by atoms with E-state index in [0.717, 1.165) is 37.6 Å². The number of hydrogen-bond donors (Lipinski definition) is 1. The van der Waals surface area contributed by atoms with E-state index in [1.807, 2.05) is 0 Å². The van der Waals surface area contributed by atoms with Crippen LogP contribution in [0.25, 0.3) is 0 Å². The molecule has 0 heterocycles. The number of likely N-dealkylation sites (N-methyl/N-ethyl adjacent to an activating group) is 1. The van der Waals surface area contributed by atoms with Crippen LogP contribution in [0.15, 0.2) is 0 Å². The number of nitrogens with one attached hydrogen (secondary N) is 1. The Bertz CT molecular complexity index is 247. The molecule has 126 valence electrons. The summed E-state index contributed by atoms with van der Waals surface area (Å²) in [4.78, 5) is 2.57. The number of methoxy groups -OCH3 is 1. The van der Waals surface area contributed by atoms with Crippen LogP contribution in [-0.2, 0) is 4.74 Å². The van der Waals surface area contributed by atoms with E-state index in [9.17, 15) is 0 Å². The Hall–Kier alpha value is -0.120. The highest BCUT2D eigenvalue weighted by Gasteiger charge is 2.30. The largest absolute Gasteiger partial charge is 0.383 e. The van der Waals surface area contributed by atoms with Gasteiger partial charge in [0.25, 0.3) is 0 Å². The average molecular weight is 299 g/mol. The second kappa shape index (κ2) is 11.4. The third kappa shape index (κ3) is 7.12. The van der Waals surface area contributed by atoms with Gasteiger partial charge in [0.1, 0.15) is 0 Å². The molecule has 0 radical (unpaired) electrons. The molecule has 0 amide bonds. The summed E-state index contributed by atoms with van der Waals surface area (Å²) in [5, 5.41) is 3.81. The first-order valence-electron chi connectivity index (χ1n) is 9.19.